The Balaban J connectivity index is 1.37. The van der Waals surface area contributed by atoms with Gasteiger partial charge in [0, 0.05) is 29.9 Å². The van der Waals surface area contributed by atoms with Gasteiger partial charge in [0.15, 0.2) is 5.78 Å². The number of nitrogens with one attached hydrogen (secondary N) is 3. The normalized spacial score (nSPS) is 14.6. The van der Waals surface area contributed by atoms with Crippen LogP contribution in [0.25, 0.3) is 11.0 Å². The minimum Gasteiger partial charge on any atom is -0.444 e. The maximum absolute atomic E-state index is 13.1. The van der Waals surface area contributed by atoms with E-state index in [1.165, 1.54) is 11.0 Å². The molecule has 1 aliphatic heterocycles. The molecule has 1 saturated heterocycles. The lowest BCUT2D eigenvalue weighted by molar-refractivity contribution is -0.117. The van der Waals surface area contributed by atoms with Crippen molar-refractivity contribution in [3.63, 3.8) is 0 Å². The van der Waals surface area contributed by atoms with E-state index in [-0.39, 0.29) is 31.0 Å². The summed E-state index contributed by atoms with van der Waals surface area (Å²) in [6, 6.07) is 10.7. The topological polar surface area (TPSA) is 163 Å². The molecule has 13 nitrogen and oxygen atoms in total. The van der Waals surface area contributed by atoms with E-state index in [4.69, 9.17) is 9.47 Å². The number of likely N-dealkylation sites (tertiary alicyclic amines) is 1. The number of benzene rings is 2. The molecule has 3 N–H and O–H groups in total. The van der Waals surface area contributed by atoms with Crippen LogP contribution in [0.3, 0.4) is 0 Å². The van der Waals surface area contributed by atoms with Crippen LogP contribution >= 0.6 is 0 Å². The van der Waals surface area contributed by atoms with Crippen LogP contribution in [0.5, 0.6) is 0 Å². The van der Waals surface area contributed by atoms with Crippen LogP contribution in [0.2, 0.25) is 0 Å². The van der Waals surface area contributed by atoms with E-state index >= 15 is 0 Å². The van der Waals surface area contributed by atoms with Crippen molar-refractivity contribution in [2.75, 3.05) is 31.5 Å². The smallest absolute Gasteiger partial charge is 0.411 e. The highest BCUT2D eigenvalue weighted by molar-refractivity contribution is 6.04. The summed E-state index contributed by atoms with van der Waals surface area (Å²) in [4.78, 5) is 75.2. The molecule has 266 valence electrons. The van der Waals surface area contributed by atoms with Crippen molar-refractivity contribution in [2.45, 2.75) is 71.6 Å². The zero-order chi connectivity index (χ0) is 36.8. The molecule has 0 bridgehead atoms. The highest BCUT2D eigenvalue weighted by atomic mass is 16.6. The molecule has 4 amide bonds. The Hall–Kier alpha value is -5.46. The first-order chi connectivity index (χ1) is 23.4. The first kappa shape index (κ1) is 37.4. The summed E-state index contributed by atoms with van der Waals surface area (Å²) in [5.41, 5.74) is 1.58. The van der Waals surface area contributed by atoms with Gasteiger partial charge in [-0.25, -0.2) is 14.6 Å². The Morgan fingerprint density at radius 3 is 2.42 bits per heavy atom. The van der Waals surface area contributed by atoms with Crippen LogP contribution in [-0.4, -0.2) is 86.9 Å². The van der Waals surface area contributed by atoms with Gasteiger partial charge in [-0.2, -0.15) is 0 Å². The predicted octanol–water partition coefficient (Wildman–Crippen LogP) is 6.17. The molecule has 0 spiro atoms. The first-order valence-electron chi connectivity index (χ1n) is 16.4. The summed E-state index contributed by atoms with van der Waals surface area (Å²) in [6.07, 6.45) is 1.66. The molecule has 0 saturated carbocycles. The molecule has 13 heteroatoms. The number of nitrogens with zero attached hydrogens (tertiary/aromatic N) is 3. The zero-order valence-electron chi connectivity index (χ0n) is 29.6. The van der Waals surface area contributed by atoms with Gasteiger partial charge in [0.05, 0.1) is 17.6 Å². The predicted molar refractivity (Wildman–Crippen MR) is 190 cm³/mol. The second-order valence-electron chi connectivity index (χ2n) is 14.1. The zero-order valence-corrected chi connectivity index (χ0v) is 29.6. The number of anilines is 1. The molecule has 50 heavy (non-hydrogen) atoms. The van der Waals surface area contributed by atoms with Gasteiger partial charge in [0.2, 0.25) is 5.91 Å². The summed E-state index contributed by atoms with van der Waals surface area (Å²) < 4.78 is 11.0. The quantitative estimate of drug-likeness (QED) is 0.159. The van der Waals surface area contributed by atoms with Gasteiger partial charge in [-0.3, -0.25) is 24.2 Å². The van der Waals surface area contributed by atoms with Crippen molar-refractivity contribution in [1.29, 1.82) is 0 Å². The summed E-state index contributed by atoms with van der Waals surface area (Å²) in [5, 5.41) is 5.34. The van der Waals surface area contributed by atoms with Crippen LogP contribution in [0.15, 0.2) is 67.3 Å². The molecule has 1 aliphatic rings. The van der Waals surface area contributed by atoms with Gasteiger partial charge in [-0.15, -0.1) is 6.58 Å². The number of carbonyl (C=O) groups excluding carboxylic acids is 5. The van der Waals surface area contributed by atoms with E-state index in [0.29, 0.717) is 47.5 Å². The number of hydrogen-bond acceptors (Lipinski definition) is 8. The number of aromatic amines is 1. The Labute approximate surface area is 292 Å². The van der Waals surface area contributed by atoms with Crippen molar-refractivity contribution in [2.24, 2.45) is 0 Å². The number of aromatic nitrogens is 2. The maximum atomic E-state index is 13.1. The molecule has 0 unspecified atom stereocenters. The Morgan fingerprint density at radius 2 is 1.74 bits per heavy atom. The highest BCUT2D eigenvalue weighted by Gasteiger charge is 2.37. The fourth-order valence-corrected chi connectivity index (χ4v) is 5.23. The molecule has 1 atom stereocenters. The van der Waals surface area contributed by atoms with Gasteiger partial charge in [0.1, 0.15) is 29.6 Å². The number of imidazole rings is 1. The van der Waals surface area contributed by atoms with Crippen LogP contribution in [0.4, 0.5) is 15.3 Å². The first-order valence-corrected chi connectivity index (χ1v) is 16.4. The number of H-pyrrole nitrogens is 1. The maximum Gasteiger partial charge on any atom is 0.411 e. The SMILES string of the molecule is C=CCCN(CC(=O)Nc1cccc(C(=O)NCC(=O)c2ccc3nc([C@@H]4C(=C)CCN4C(=O)OC(C)(C)C)[nH]c3c2)c1)C(=O)OC(C)(C)C. The summed E-state index contributed by atoms with van der Waals surface area (Å²) >= 11 is 0. The molecule has 2 heterocycles. The monoisotopic (exact) mass is 686 g/mol. The number of ether oxygens (including phenoxy) is 2. The second-order valence-corrected chi connectivity index (χ2v) is 14.1. The molecular formula is C37H46N6O7. The van der Waals surface area contributed by atoms with E-state index in [9.17, 15) is 24.0 Å². The van der Waals surface area contributed by atoms with Gasteiger partial charge in [-0.05, 0) is 96.4 Å². The van der Waals surface area contributed by atoms with E-state index < -0.39 is 41.2 Å². The molecule has 1 fully saturated rings. The number of Topliss-reactive ketones (excluding diaryl/α,β-unsaturated/α-hetero) is 1. The molecule has 0 radical (unpaired) electrons. The Kier molecular flexibility index (Phi) is 11.5. The summed E-state index contributed by atoms with van der Waals surface area (Å²) in [7, 11) is 0. The highest BCUT2D eigenvalue weighted by Crippen LogP contribution is 2.36. The van der Waals surface area contributed by atoms with Crippen molar-refractivity contribution in [1.82, 2.24) is 25.1 Å². The lowest BCUT2D eigenvalue weighted by Crippen LogP contribution is -2.41. The lowest BCUT2D eigenvalue weighted by atomic mass is 10.1. The molecule has 0 aliphatic carbocycles. The molecule has 3 aromatic rings. The number of carbonyl (C=O) groups is 5. The van der Waals surface area contributed by atoms with Crippen LogP contribution in [0.1, 0.15) is 87.0 Å². The van der Waals surface area contributed by atoms with Gasteiger partial charge < -0.3 is 25.1 Å². The van der Waals surface area contributed by atoms with E-state index in [0.717, 1.165) is 5.57 Å². The van der Waals surface area contributed by atoms with Gasteiger partial charge in [0.25, 0.3) is 5.91 Å². The van der Waals surface area contributed by atoms with Crippen molar-refractivity contribution >= 4 is 46.5 Å². The molecule has 1 aromatic heterocycles. The third kappa shape index (κ3) is 10.0. The fourth-order valence-electron chi connectivity index (χ4n) is 5.23. The van der Waals surface area contributed by atoms with Gasteiger partial charge >= 0.3 is 12.2 Å². The van der Waals surface area contributed by atoms with Crippen LogP contribution in [0, 0.1) is 0 Å². The molecular weight excluding hydrogens is 640 g/mol. The number of hydrogen-bond donors (Lipinski definition) is 3. The average molecular weight is 687 g/mol. The largest absolute Gasteiger partial charge is 0.444 e. The van der Waals surface area contributed by atoms with E-state index in [1.807, 2.05) is 20.8 Å². The van der Waals surface area contributed by atoms with E-state index in [2.05, 4.69) is 33.8 Å². The third-order valence-corrected chi connectivity index (χ3v) is 7.49. The van der Waals surface area contributed by atoms with Gasteiger partial charge in [-0.1, -0.05) is 18.7 Å². The summed E-state index contributed by atoms with van der Waals surface area (Å²) in [6.45, 7) is 18.6. The summed E-state index contributed by atoms with van der Waals surface area (Å²) in [5.74, 6) is -0.793. The number of rotatable bonds is 11. The average Bonchev–Trinajstić information content (AvgIpc) is 3.62. The van der Waals surface area contributed by atoms with Crippen molar-refractivity contribution < 1.29 is 33.4 Å². The number of amides is 4. The van der Waals surface area contributed by atoms with Crippen molar-refractivity contribution in [3.05, 3.63) is 84.2 Å². The molecule has 2 aromatic carbocycles. The third-order valence-electron chi connectivity index (χ3n) is 7.49. The minimum absolute atomic E-state index is 0.228. The van der Waals surface area contributed by atoms with E-state index in [1.54, 1.807) is 68.1 Å². The number of ketones is 1. The fraction of sp³-hybridized carbons (Fsp3) is 0.405. The Morgan fingerprint density at radius 1 is 1.02 bits per heavy atom. The number of fused-ring (bicyclic) bond motifs is 1. The lowest BCUT2D eigenvalue weighted by Gasteiger charge is -2.27. The van der Waals surface area contributed by atoms with Crippen LogP contribution in [-0.2, 0) is 14.3 Å². The van der Waals surface area contributed by atoms with Crippen molar-refractivity contribution in [3.8, 4) is 0 Å². The second kappa shape index (κ2) is 15.4. The standard InChI is InChI=1S/C37H46N6O7/c1-9-10-17-42(34(47)49-36(3,4)5)22-30(45)39-26-13-11-12-25(19-26)33(46)38-21-29(44)24-14-15-27-28(20-24)41-32(40-27)31-23(2)16-18-43(31)35(48)50-37(6,7)8/h9,11-15,19-20,31H,1-2,10,16-18,21-22H2,3-8H3,(H,38,46)(H,39,45)(H,40,41)/t31-/m0/s1. The minimum atomic E-state index is -0.726. The Bertz CT molecular complexity index is 1800. The van der Waals surface area contributed by atoms with Crippen LogP contribution < -0.4 is 10.6 Å². The molecule has 4 rings (SSSR count).